The van der Waals surface area contributed by atoms with E-state index in [1.54, 1.807) is 24.3 Å². The molecule has 0 atom stereocenters. The van der Waals surface area contributed by atoms with Gasteiger partial charge in [0.1, 0.15) is 0 Å². The highest BCUT2D eigenvalue weighted by molar-refractivity contribution is 6.05. The van der Waals surface area contributed by atoms with E-state index < -0.39 is 0 Å². The predicted octanol–water partition coefficient (Wildman–Crippen LogP) is 4.59. The summed E-state index contributed by atoms with van der Waals surface area (Å²) < 4.78 is 0. The van der Waals surface area contributed by atoms with Crippen LogP contribution < -0.4 is 16.0 Å². The molecular formula is C20H25N3O2. The van der Waals surface area contributed by atoms with Crippen molar-refractivity contribution in [3.63, 3.8) is 0 Å². The first kappa shape index (κ1) is 18.5. The molecule has 3 N–H and O–H groups in total. The summed E-state index contributed by atoms with van der Waals surface area (Å²) in [7, 11) is 0. The van der Waals surface area contributed by atoms with Crippen molar-refractivity contribution >= 4 is 23.3 Å². The first-order valence-corrected chi connectivity index (χ1v) is 8.44. The molecule has 0 aliphatic carbocycles. The third-order valence-electron chi connectivity index (χ3n) is 3.64. The normalized spacial score (nSPS) is 10.6. The Hall–Kier alpha value is -2.82. The maximum Gasteiger partial charge on any atom is 0.319 e. The maximum absolute atomic E-state index is 12.4. The third kappa shape index (κ3) is 5.64. The van der Waals surface area contributed by atoms with Gasteiger partial charge < -0.3 is 16.0 Å². The number of urea groups is 1. The molecule has 0 radical (unpaired) electrons. The lowest BCUT2D eigenvalue weighted by Gasteiger charge is -2.11. The summed E-state index contributed by atoms with van der Waals surface area (Å²) in [6.45, 7) is 8.02. The average Bonchev–Trinajstić information content (AvgIpc) is 2.54. The zero-order valence-electron chi connectivity index (χ0n) is 15.1. The summed E-state index contributed by atoms with van der Waals surface area (Å²) >= 11 is 0. The van der Waals surface area contributed by atoms with Crippen molar-refractivity contribution in [3.05, 3.63) is 59.7 Å². The summed E-state index contributed by atoms with van der Waals surface area (Å²) in [6.07, 6.45) is 0. The van der Waals surface area contributed by atoms with Crippen molar-refractivity contribution in [2.45, 2.75) is 39.7 Å². The third-order valence-corrected chi connectivity index (χ3v) is 3.64. The number of anilines is 2. The average molecular weight is 339 g/mol. The van der Waals surface area contributed by atoms with Gasteiger partial charge in [-0.05, 0) is 55.7 Å². The number of hydrogen-bond donors (Lipinski definition) is 3. The molecule has 0 saturated carbocycles. The van der Waals surface area contributed by atoms with E-state index in [2.05, 4.69) is 29.8 Å². The monoisotopic (exact) mass is 339 g/mol. The van der Waals surface area contributed by atoms with Crippen molar-refractivity contribution in [1.82, 2.24) is 5.32 Å². The van der Waals surface area contributed by atoms with Gasteiger partial charge in [0.2, 0.25) is 0 Å². The Morgan fingerprint density at radius 3 is 2.12 bits per heavy atom. The molecule has 0 aromatic heterocycles. The number of carbonyl (C=O) groups excluding carboxylic acids is 2. The fourth-order valence-corrected chi connectivity index (χ4v) is 2.32. The van der Waals surface area contributed by atoms with E-state index in [1.807, 2.05) is 38.1 Å². The van der Waals surface area contributed by atoms with Crippen LogP contribution in [-0.4, -0.2) is 18.0 Å². The first-order valence-electron chi connectivity index (χ1n) is 8.44. The van der Waals surface area contributed by atoms with Crippen molar-refractivity contribution in [2.24, 2.45) is 0 Å². The molecule has 5 nitrogen and oxygen atoms in total. The molecule has 132 valence electrons. The van der Waals surface area contributed by atoms with Crippen LogP contribution in [0.4, 0.5) is 16.2 Å². The number of nitrogens with one attached hydrogen (secondary N) is 3. The largest absolute Gasteiger partial charge is 0.336 e. The molecular weight excluding hydrogens is 314 g/mol. The van der Waals surface area contributed by atoms with E-state index in [9.17, 15) is 9.59 Å². The second-order valence-electron chi connectivity index (χ2n) is 6.56. The Kier molecular flexibility index (Phi) is 6.17. The lowest BCUT2D eigenvalue weighted by Crippen LogP contribution is -2.34. The van der Waals surface area contributed by atoms with Crippen LogP contribution in [0.15, 0.2) is 48.5 Å². The van der Waals surface area contributed by atoms with Crippen LogP contribution in [0.1, 0.15) is 49.5 Å². The van der Waals surface area contributed by atoms with E-state index in [1.165, 1.54) is 5.56 Å². The number of carbonyl (C=O) groups is 2. The van der Waals surface area contributed by atoms with Crippen LogP contribution >= 0.6 is 0 Å². The molecule has 5 heteroatoms. The summed E-state index contributed by atoms with van der Waals surface area (Å²) in [6, 6.07) is 14.4. The van der Waals surface area contributed by atoms with Crippen molar-refractivity contribution in [1.29, 1.82) is 0 Å². The lowest BCUT2D eigenvalue weighted by atomic mass is 10.0. The molecule has 2 aromatic carbocycles. The Bertz CT molecular complexity index is 737. The van der Waals surface area contributed by atoms with Gasteiger partial charge in [-0.15, -0.1) is 0 Å². The minimum atomic E-state index is -0.295. The highest BCUT2D eigenvalue weighted by Gasteiger charge is 2.09. The fourth-order valence-electron chi connectivity index (χ4n) is 2.32. The summed E-state index contributed by atoms with van der Waals surface area (Å²) in [5, 5.41) is 8.34. The molecule has 0 fully saturated rings. The zero-order chi connectivity index (χ0) is 18.4. The summed E-state index contributed by atoms with van der Waals surface area (Å²) in [5.41, 5.74) is 3.02. The van der Waals surface area contributed by atoms with Gasteiger partial charge in [0.05, 0.1) is 0 Å². The number of amides is 3. The standard InChI is InChI=1S/C20H25N3O2/c1-13(2)15-8-10-17(11-9-15)22-19(24)16-6-5-7-18(12-16)23-20(25)21-14(3)4/h5-14H,1-4H3,(H,22,24)(H2,21,23,25). The molecule has 0 heterocycles. The van der Waals surface area contributed by atoms with Gasteiger partial charge in [0, 0.05) is 23.0 Å². The van der Waals surface area contributed by atoms with E-state index in [4.69, 9.17) is 0 Å². The molecule has 2 aromatic rings. The highest BCUT2D eigenvalue weighted by Crippen LogP contribution is 2.18. The Morgan fingerprint density at radius 1 is 0.840 bits per heavy atom. The molecule has 0 aliphatic rings. The number of hydrogen-bond acceptors (Lipinski definition) is 2. The Balaban J connectivity index is 2.04. The molecule has 0 saturated heterocycles. The minimum Gasteiger partial charge on any atom is -0.336 e. The lowest BCUT2D eigenvalue weighted by molar-refractivity contribution is 0.102. The van der Waals surface area contributed by atoms with Crippen LogP contribution in [0.3, 0.4) is 0 Å². The SMILES string of the molecule is CC(C)NC(=O)Nc1cccc(C(=O)Nc2ccc(C(C)C)cc2)c1. The van der Waals surface area contributed by atoms with Crippen LogP contribution in [-0.2, 0) is 0 Å². The van der Waals surface area contributed by atoms with Crippen molar-refractivity contribution < 1.29 is 9.59 Å². The second kappa shape index (κ2) is 8.33. The zero-order valence-corrected chi connectivity index (χ0v) is 15.1. The van der Waals surface area contributed by atoms with Crippen LogP contribution in [0.2, 0.25) is 0 Å². The van der Waals surface area contributed by atoms with Gasteiger partial charge in [-0.1, -0.05) is 32.0 Å². The number of rotatable bonds is 5. The Labute approximate surface area is 148 Å². The summed E-state index contributed by atoms with van der Waals surface area (Å²) in [4.78, 5) is 24.2. The minimum absolute atomic E-state index is 0.0419. The highest BCUT2D eigenvalue weighted by atomic mass is 16.2. The smallest absolute Gasteiger partial charge is 0.319 e. The fraction of sp³-hybridized carbons (Fsp3) is 0.300. The second-order valence-corrected chi connectivity index (χ2v) is 6.56. The quantitative estimate of drug-likeness (QED) is 0.745. The Morgan fingerprint density at radius 2 is 1.52 bits per heavy atom. The van der Waals surface area contributed by atoms with Gasteiger partial charge in [0.15, 0.2) is 0 Å². The summed E-state index contributed by atoms with van der Waals surface area (Å²) in [5.74, 6) is 0.231. The van der Waals surface area contributed by atoms with Gasteiger partial charge in [-0.2, -0.15) is 0 Å². The molecule has 2 rings (SSSR count). The van der Waals surface area contributed by atoms with E-state index in [0.717, 1.165) is 5.69 Å². The van der Waals surface area contributed by atoms with Crippen molar-refractivity contribution in [3.8, 4) is 0 Å². The molecule has 25 heavy (non-hydrogen) atoms. The van der Waals surface area contributed by atoms with E-state index in [0.29, 0.717) is 17.2 Å². The number of benzene rings is 2. The van der Waals surface area contributed by atoms with E-state index in [-0.39, 0.29) is 18.0 Å². The molecule has 0 bridgehead atoms. The van der Waals surface area contributed by atoms with Gasteiger partial charge in [-0.25, -0.2) is 4.79 Å². The van der Waals surface area contributed by atoms with Crippen LogP contribution in [0, 0.1) is 0 Å². The molecule has 0 spiro atoms. The van der Waals surface area contributed by atoms with E-state index >= 15 is 0 Å². The predicted molar refractivity (Wildman–Crippen MR) is 102 cm³/mol. The topological polar surface area (TPSA) is 70.2 Å². The van der Waals surface area contributed by atoms with Crippen molar-refractivity contribution in [2.75, 3.05) is 10.6 Å². The van der Waals surface area contributed by atoms with Gasteiger partial charge in [0.25, 0.3) is 5.91 Å². The first-order chi connectivity index (χ1) is 11.8. The molecule has 3 amide bonds. The van der Waals surface area contributed by atoms with Crippen LogP contribution in [0.25, 0.3) is 0 Å². The molecule has 0 unspecified atom stereocenters. The maximum atomic E-state index is 12.4. The molecule has 0 aliphatic heterocycles. The van der Waals surface area contributed by atoms with Gasteiger partial charge in [-0.3, -0.25) is 4.79 Å². The van der Waals surface area contributed by atoms with Crippen LogP contribution in [0.5, 0.6) is 0 Å². The van der Waals surface area contributed by atoms with Gasteiger partial charge >= 0.3 is 6.03 Å².